The molecule has 2 aliphatic rings. The van der Waals surface area contributed by atoms with Crippen molar-refractivity contribution in [2.45, 2.75) is 6.42 Å². The lowest BCUT2D eigenvalue weighted by molar-refractivity contribution is 0.171. The summed E-state index contributed by atoms with van der Waals surface area (Å²) in [5.41, 5.74) is 1.71. The third kappa shape index (κ3) is 2.45. The fourth-order valence-corrected chi connectivity index (χ4v) is 2.94. The summed E-state index contributed by atoms with van der Waals surface area (Å²) in [6.07, 6.45) is 0.895. The highest BCUT2D eigenvalue weighted by molar-refractivity contribution is 5.87. The van der Waals surface area contributed by atoms with Crippen LogP contribution in [0.1, 0.15) is 5.69 Å². The van der Waals surface area contributed by atoms with E-state index in [0.717, 1.165) is 56.0 Å². The first-order valence-electron chi connectivity index (χ1n) is 7.52. The largest absolute Gasteiger partial charge is 0.486 e. The maximum Gasteiger partial charge on any atom is 0.212 e. The number of benzene rings is 1. The van der Waals surface area contributed by atoms with Crippen molar-refractivity contribution in [3.05, 3.63) is 17.8 Å². The van der Waals surface area contributed by atoms with Crippen LogP contribution in [0.3, 0.4) is 0 Å². The van der Waals surface area contributed by atoms with E-state index in [1.54, 1.807) is 0 Å². The van der Waals surface area contributed by atoms with E-state index in [2.05, 4.69) is 15.4 Å². The molecule has 0 spiro atoms. The minimum atomic E-state index is 0.558. The van der Waals surface area contributed by atoms with Crippen LogP contribution in [0.5, 0.6) is 11.5 Å². The van der Waals surface area contributed by atoms with Gasteiger partial charge in [0.2, 0.25) is 11.3 Å². The van der Waals surface area contributed by atoms with Gasteiger partial charge in [0.05, 0.1) is 5.69 Å². The Bertz CT molecular complexity index is 634. The number of hydrogen-bond acceptors (Lipinski definition) is 6. The number of piperazine rings is 1. The van der Waals surface area contributed by atoms with E-state index in [0.29, 0.717) is 24.5 Å². The summed E-state index contributed by atoms with van der Waals surface area (Å²) in [6.45, 7) is 6.49. The van der Waals surface area contributed by atoms with Crippen molar-refractivity contribution in [3.8, 4) is 11.5 Å². The standard InChI is InChI=1S/C15H19N3O3/c1-2-13-15(20-10-9-19-13)14-11(1)12(17-21-14)3-6-18-7-4-16-5-8-18/h1-2,16H,3-10H2. The van der Waals surface area contributed by atoms with Crippen LogP contribution < -0.4 is 14.8 Å². The van der Waals surface area contributed by atoms with Crippen LogP contribution in [0.25, 0.3) is 11.0 Å². The van der Waals surface area contributed by atoms with Gasteiger partial charge in [-0.25, -0.2) is 0 Å². The number of hydrogen-bond donors (Lipinski definition) is 1. The molecule has 0 amide bonds. The molecule has 1 aromatic carbocycles. The lowest BCUT2D eigenvalue weighted by atomic mass is 10.1. The van der Waals surface area contributed by atoms with Gasteiger partial charge in [-0.05, 0) is 12.1 Å². The Morgan fingerprint density at radius 3 is 2.90 bits per heavy atom. The molecule has 0 radical (unpaired) electrons. The van der Waals surface area contributed by atoms with E-state index >= 15 is 0 Å². The number of rotatable bonds is 3. The zero-order chi connectivity index (χ0) is 14.1. The first kappa shape index (κ1) is 12.9. The fourth-order valence-electron chi connectivity index (χ4n) is 2.94. The zero-order valence-electron chi connectivity index (χ0n) is 11.9. The second-order valence-electron chi connectivity index (χ2n) is 5.44. The van der Waals surface area contributed by atoms with Gasteiger partial charge >= 0.3 is 0 Å². The highest BCUT2D eigenvalue weighted by Crippen LogP contribution is 2.38. The SMILES string of the molecule is c1cc2c(CCN3CCNCC3)noc2c2c1OCCO2. The Kier molecular flexibility index (Phi) is 3.40. The normalized spacial score (nSPS) is 19.0. The summed E-state index contributed by atoms with van der Waals surface area (Å²) in [7, 11) is 0. The van der Waals surface area contributed by atoms with Gasteiger partial charge in [-0.1, -0.05) is 5.16 Å². The average molecular weight is 289 g/mol. The second-order valence-corrected chi connectivity index (χ2v) is 5.44. The van der Waals surface area contributed by atoms with E-state index in [9.17, 15) is 0 Å². The molecule has 21 heavy (non-hydrogen) atoms. The molecular weight excluding hydrogens is 270 g/mol. The zero-order valence-corrected chi connectivity index (χ0v) is 11.9. The highest BCUT2D eigenvalue weighted by Gasteiger charge is 2.21. The Balaban J connectivity index is 1.55. The van der Waals surface area contributed by atoms with Gasteiger partial charge in [-0.2, -0.15) is 0 Å². The molecule has 0 atom stereocenters. The summed E-state index contributed by atoms with van der Waals surface area (Å²) in [6, 6.07) is 3.97. The van der Waals surface area contributed by atoms with Crippen molar-refractivity contribution in [1.82, 2.24) is 15.4 Å². The summed E-state index contributed by atoms with van der Waals surface area (Å²) < 4.78 is 16.7. The van der Waals surface area contributed by atoms with Crippen molar-refractivity contribution in [2.75, 3.05) is 45.9 Å². The minimum absolute atomic E-state index is 0.558. The maximum absolute atomic E-state index is 5.67. The first-order chi connectivity index (χ1) is 10.4. The van der Waals surface area contributed by atoms with Crippen LogP contribution in [0, 0.1) is 0 Å². The van der Waals surface area contributed by atoms with Crippen LogP contribution in [-0.4, -0.2) is 56.0 Å². The molecular formula is C15H19N3O3. The summed E-state index contributed by atoms with van der Waals surface area (Å²) in [4.78, 5) is 2.45. The lowest BCUT2D eigenvalue weighted by Gasteiger charge is -2.26. The summed E-state index contributed by atoms with van der Waals surface area (Å²) in [5.74, 6) is 1.44. The molecule has 0 saturated carbocycles. The van der Waals surface area contributed by atoms with E-state index in [4.69, 9.17) is 14.0 Å². The second kappa shape index (κ2) is 5.54. The monoisotopic (exact) mass is 289 g/mol. The topological polar surface area (TPSA) is 59.8 Å². The van der Waals surface area contributed by atoms with Crippen LogP contribution in [-0.2, 0) is 6.42 Å². The molecule has 1 aromatic heterocycles. The Hall–Kier alpha value is -1.79. The Morgan fingerprint density at radius 1 is 1.14 bits per heavy atom. The molecule has 2 aromatic rings. The van der Waals surface area contributed by atoms with E-state index in [1.807, 2.05) is 12.1 Å². The van der Waals surface area contributed by atoms with Crippen molar-refractivity contribution >= 4 is 11.0 Å². The van der Waals surface area contributed by atoms with Crippen LogP contribution in [0.2, 0.25) is 0 Å². The third-order valence-electron chi connectivity index (χ3n) is 4.10. The van der Waals surface area contributed by atoms with Gasteiger partial charge < -0.3 is 24.2 Å². The molecule has 112 valence electrons. The van der Waals surface area contributed by atoms with Crippen molar-refractivity contribution in [2.24, 2.45) is 0 Å². The summed E-state index contributed by atoms with van der Waals surface area (Å²) in [5, 5.41) is 8.64. The molecule has 3 heterocycles. The number of nitrogens with zero attached hydrogens (tertiary/aromatic N) is 2. The molecule has 1 fully saturated rings. The fraction of sp³-hybridized carbons (Fsp3) is 0.533. The van der Waals surface area contributed by atoms with Gasteiger partial charge in [0, 0.05) is 44.5 Å². The predicted octanol–water partition coefficient (Wildman–Crippen LogP) is 1.05. The van der Waals surface area contributed by atoms with Gasteiger partial charge in [0.1, 0.15) is 13.2 Å². The van der Waals surface area contributed by atoms with Gasteiger partial charge in [-0.3, -0.25) is 0 Å². The smallest absolute Gasteiger partial charge is 0.212 e. The number of ether oxygens (including phenoxy) is 2. The van der Waals surface area contributed by atoms with E-state index in [1.165, 1.54) is 0 Å². The molecule has 6 heteroatoms. The molecule has 1 saturated heterocycles. The maximum atomic E-state index is 5.67. The molecule has 0 bridgehead atoms. The van der Waals surface area contributed by atoms with Crippen LogP contribution in [0.4, 0.5) is 0 Å². The first-order valence-corrected chi connectivity index (χ1v) is 7.52. The van der Waals surface area contributed by atoms with Crippen molar-refractivity contribution in [3.63, 3.8) is 0 Å². The Labute approximate surface area is 123 Å². The molecule has 4 rings (SSSR count). The van der Waals surface area contributed by atoms with Crippen molar-refractivity contribution < 1.29 is 14.0 Å². The molecule has 0 aliphatic carbocycles. The summed E-state index contributed by atoms with van der Waals surface area (Å²) >= 11 is 0. The number of fused-ring (bicyclic) bond motifs is 3. The Morgan fingerprint density at radius 2 is 2.00 bits per heavy atom. The van der Waals surface area contributed by atoms with Gasteiger partial charge in [0.25, 0.3) is 0 Å². The van der Waals surface area contributed by atoms with E-state index < -0.39 is 0 Å². The van der Waals surface area contributed by atoms with Crippen molar-refractivity contribution in [1.29, 1.82) is 0 Å². The minimum Gasteiger partial charge on any atom is -0.486 e. The quantitative estimate of drug-likeness (QED) is 0.911. The third-order valence-corrected chi connectivity index (χ3v) is 4.10. The van der Waals surface area contributed by atoms with Gasteiger partial charge in [-0.15, -0.1) is 0 Å². The van der Waals surface area contributed by atoms with Crippen LogP contribution in [0.15, 0.2) is 16.7 Å². The van der Waals surface area contributed by atoms with E-state index in [-0.39, 0.29) is 0 Å². The molecule has 2 aliphatic heterocycles. The van der Waals surface area contributed by atoms with Gasteiger partial charge in [0.15, 0.2) is 5.75 Å². The number of nitrogens with one attached hydrogen (secondary N) is 1. The highest BCUT2D eigenvalue weighted by atomic mass is 16.6. The molecule has 0 unspecified atom stereocenters. The van der Waals surface area contributed by atoms with Crippen LogP contribution >= 0.6 is 0 Å². The molecule has 6 nitrogen and oxygen atoms in total. The lowest BCUT2D eigenvalue weighted by Crippen LogP contribution is -2.44. The molecule has 1 N–H and O–H groups in total. The predicted molar refractivity (Wildman–Crippen MR) is 78.0 cm³/mol. The average Bonchev–Trinajstić information content (AvgIpc) is 2.97. The number of aromatic nitrogens is 1.